The van der Waals surface area contributed by atoms with Crippen molar-refractivity contribution in [1.82, 2.24) is 20.1 Å². The first-order valence-electron chi connectivity index (χ1n) is 10.9. The molecule has 1 spiro atoms. The van der Waals surface area contributed by atoms with E-state index < -0.39 is 18.4 Å². The topological polar surface area (TPSA) is 60.9 Å². The zero-order valence-electron chi connectivity index (χ0n) is 17.8. The summed E-state index contributed by atoms with van der Waals surface area (Å²) in [4.78, 5) is 24.2. The molecule has 1 unspecified atom stereocenters. The van der Waals surface area contributed by atoms with Gasteiger partial charge in [0.15, 0.2) is 11.2 Å². The Morgan fingerprint density at radius 2 is 1.94 bits per heavy atom. The summed E-state index contributed by atoms with van der Waals surface area (Å²) in [6.45, 7) is 7.44. The number of rotatable bonds is 4. The molecule has 0 aliphatic carbocycles. The molecular formula is C20H30F3N5O2S. The number of nitrogens with zero attached hydrogens (tertiary/aromatic N) is 4. The first kappa shape index (κ1) is 22.6. The summed E-state index contributed by atoms with van der Waals surface area (Å²) in [5, 5.41) is 4.42. The number of amides is 1. The van der Waals surface area contributed by atoms with Gasteiger partial charge in [0, 0.05) is 62.4 Å². The van der Waals surface area contributed by atoms with Crippen LogP contribution in [0.15, 0.2) is 6.20 Å². The van der Waals surface area contributed by atoms with Gasteiger partial charge in [0.1, 0.15) is 0 Å². The molecule has 3 saturated heterocycles. The minimum Gasteiger partial charge on any atom is -0.437 e. The third-order valence-corrected chi connectivity index (χ3v) is 7.75. The van der Waals surface area contributed by atoms with Crippen LogP contribution >= 0.6 is 11.3 Å². The molecule has 0 saturated carbocycles. The van der Waals surface area contributed by atoms with Crippen LogP contribution in [0.2, 0.25) is 0 Å². The van der Waals surface area contributed by atoms with Crippen LogP contribution < -0.4 is 10.2 Å². The van der Waals surface area contributed by atoms with Crippen LogP contribution in [0, 0.1) is 0 Å². The third-order valence-electron chi connectivity index (χ3n) is 6.71. The lowest BCUT2D eigenvalue weighted by atomic mass is 9.85. The molecule has 1 aromatic rings. The molecular weight excluding hydrogens is 431 g/mol. The van der Waals surface area contributed by atoms with E-state index in [9.17, 15) is 18.0 Å². The number of carbonyl (C=O) groups excluding carboxylic acids is 1. The molecule has 4 heterocycles. The van der Waals surface area contributed by atoms with Crippen molar-refractivity contribution in [3.63, 3.8) is 0 Å². The molecule has 0 radical (unpaired) electrons. The average Bonchev–Trinajstić information content (AvgIpc) is 3.36. The summed E-state index contributed by atoms with van der Waals surface area (Å²) in [5.41, 5.74) is 0.00558. The molecule has 1 N–H and O–H groups in total. The van der Waals surface area contributed by atoms with Crippen molar-refractivity contribution in [3.05, 3.63) is 11.1 Å². The Morgan fingerprint density at radius 3 is 2.61 bits per heavy atom. The van der Waals surface area contributed by atoms with Crippen LogP contribution in [0.25, 0.3) is 0 Å². The highest BCUT2D eigenvalue weighted by Crippen LogP contribution is 2.40. The van der Waals surface area contributed by atoms with Crippen LogP contribution in [0.3, 0.4) is 0 Å². The fourth-order valence-electron chi connectivity index (χ4n) is 4.77. The molecule has 7 nitrogen and oxygen atoms in total. The van der Waals surface area contributed by atoms with E-state index >= 15 is 0 Å². The number of nitrogens with one attached hydrogen (secondary N) is 1. The number of aromatic nitrogens is 1. The Labute approximate surface area is 184 Å². The summed E-state index contributed by atoms with van der Waals surface area (Å²) < 4.78 is 42.7. The van der Waals surface area contributed by atoms with Gasteiger partial charge in [-0.1, -0.05) is 0 Å². The van der Waals surface area contributed by atoms with E-state index in [4.69, 9.17) is 0 Å². The van der Waals surface area contributed by atoms with Gasteiger partial charge in [0.25, 0.3) is 0 Å². The molecule has 31 heavy (non-hydrogen) atoms. The Balaban J connectivity index is 1.33. The van der Waals surface area contributed by atoms with E-state index in [0.29, 0.717) is 13.1 Å². The van der Waals surface area contributed by atoms with Crippen LogP contribution in [0.1, 0.15) is 37.5 Å². The maximum Gasteiger partial charge on any atom is 0.425 e. The molecule has 3 fully saturated rings. The number of ether oxygens (including phenoxy) is 1. The number of likely N-dealkylation sites (tertiary alicyclic amines) is 2. The lowest BCUT2D eigenvalue weighted by molar-refractivity contribution is -0.200. The van der Waals surface area contributed by atoms with Gasteiger partial charge in [-0.3, -0.25) is 4.90 Å². The normalized spacial score (nSPS) is 23.4. The van der Waals surface area contributed by atoms with Gasteiger partial charge >= 0.3 is 12.3 Å². The van der Waals surface area contributed by atoms with Crippen molar-refractivity contribution in [2.24, 2.45) is 0 Å². The number of piperazine rings is 1. The third kappa shape index (κ3) is 5.09. The number of hydrogen-bond donors (Lipinski definition) is 1. The zero-order valence-corrected chi connectivity index (χ0v) is 18.6. The molecule has 0 aromatic carbocycles. The second kappa shape index (κ2) is 9.11. The van der Waals surface area contributed by atoms with Crippen molar-refractivity contribution in [3.8, 4) is 0 Å². The van der Waals surface area contributed by atoms with Crippen molar-refractivity contribution in [2.45, 2.75) is 57.0 Å². The molecule has 4 rings (SSSR count). The predicted octanol–water partition coefficient (Wildman–Crippen LogP) is 3.07. The van der Waals surface area contributed by atoms with Crippen LogP contribution in [-0.2, 0) is 11.3 Å². The maximum absolute atomic E-state index is 12.7. The van der Waals surface area contributed by atoms with E-state index in [1.807, 2.05) is 6.20 Å². The van der Waals surface area contributed by atoms with Crippen molar-refractivity contribution >= 4 is 22.6 Å². The summed E-state index contributed by atoms with van der Waals surface area (Å²) >= 11 is 1.74. The van der Waals surface area contributed by atoms with Gasteiger partial charge in [-0.25, -0.2) is 9.78 Å². The lowest BCUT2D eigenvalue weighted by Crippen LogP contribution is -2.53. The van der Waals surface area contributed by atoms with E-state index in [1.165, 1.54) is 9.78 Å². The highest BCUT2D eigenvalue weighted by Gasteiger charge is 2.45. The second-order valence-corrected chi connectivity index (χ2v) is 9.74. The standard InChI is InChI=1S/C20H30F3N5O2S/c1-15(20(21,22)23)30-18(29)27-9-4-19(5-10-27)3-2-8-28(19)14-16-13-25-17(31-16)26-11-6-24-7-12-26/h13,15,24H,2-12,14H2,1H3. The Morgan fingerprint density at radius 1 is 1.23 bits per heavy atom. The van der Waals surface area contributed by atoms with Gasteiger partial charge in [-0.15, -0.1) is 11.3 Å². The minimum absolute atomic E-state index is 0.00558. The summed E-state index contributed by atoms with van der Waals surface area (Å²) in [7, 11) is 0. The smallest absolute Gasteiger partial charge is 0.425 e. The fraction of sp³-hybridized carbons (Fsp3) is 0.800. The molecule has 3 aliphatic rings. The summed E-state index contributed by atoms with van der Waals surface area (Å²) in [6, 6.07) is 0. The quantitative estimate of drug-likeness (QED) is 0.744. The van der Waals surface area contributed by atoms with Crippen molar-refractivity contribution in [1.29, 1.82) is 0 Å². The number of hydrogen-bond acceptors (Lipinski definition) is 7. The van der Waals surface area contributed by atoms with Gasteiger partial charge < -0.3 is 19.9 Å². The Kier molecular flexibility index (Phi) is 6.64. The number of halogens is 3. The van der Waals surface area contributed by atoms with E-state index in [0.717, 1.165) is 77.0 Å². The van der Waals surface area contributed by atoms with Crippen molar-refractivity contribution in [2.75, 3.05) is 50.7 Å². The molecule has 1 amide bonds. The lowest BCUT2D eigenvalue weighted by Gasteiger charge is -2.44. The van der Waals surface area contributed by atoms with Crippen LogP contribution in [-0.4, -0.2) is 84.5 Å². The number of carbonyl (C=O) groups is 1. The van der Waals surface area contributed by atoms with Gasteiger partial charge in [-0.2, -0.15) is 13.2 Å². The first-order valence-corrected chi connectivity index (χ1v) is 11.8. The SMILES string of the molecule is CC(OC(=O)N1CCC2(CCCN2Cc2cnc(N3CCNCC3)s2)CC1)C(F)(F)F. The summed E-state index contributed by atoms with van der Waals surface area (Å²) in [5.74, 6) is 0. The highest BCUT2D eigenvalue weighted by atomic mass is 32.1. The Hall–Kier alpha value is -1.59. The number of piperidine rings is 1. The molecule has 3 aliphatic heterocycles. The van der Waals surface area contributed by atoms with Gasteiger partial charge in [0.05, 0.1) is 0 Å². The number of thiazole rings is 1. The monoisotopic (exact) mass is 461 g/mol. The molecule has 1 aromatic heterocycles. The average molecular weight is 462 g/mol. The molecule has 11 heteroatoms. The molecule has 1 atom stereocenters. The van der Waals surface area contributed by atoms with Gasteiger partial charge in [0.2, 0.25) is 0 Å². The Bertz CT molecular complexity index is 760. The second-order valence-electron chi connectivity index (χ2n) is 8.65. The zero-order chi connectivity index (χ0) is 22.1. The summed E-state index contributed by atoms with van der Waals surface area (Å²) in [6.07, 6.45) is -1.86. The molecule has 0 bridgehead atoms. The van der Waals surface area contributed by atoms with E-state index in [-0.39, 0.29) is 5.54 Å². The first-order chi connectivity index (χ1) is 14.8. The predicted molar refractivity (Wildman–Crippen MR) is 112 cm³/mol. The fourth-order valence-corrected chi connectivity index (χ4v) is 5.74. The minimum atomic E-state index is -4.53. The number of alkyl halides is 3. The van der Waals surface area contributed by atoms with Crippen LogP contribution in [0.5, 0.6) is 0 Å². The number of anilines is 1. The highest BCUT2D eigenvalue weighted by molar-refractivity contribution is 7.15. The van der Waals surface area contributed by atoms with Crippen LogP contribution in [0.4, 0.5) is 23.1 Å². The maximum atomic E-state index is 12.7. The van der Waals surface area contributed by atoms with E-state index in [1.54, 1.807) is 11.3 Å². The largest absolute Gasteiger partial charge is 0.437 e. The van der Waals surface area contributed by atoms with Gasteiger partial charge in [-0.05, 0) is 39.2 Å². The van der Waals surface area contributed by atoms with Crippen molar-refractivity contribution < 1.29 is 22.7 Å². The molecule has 174 valence electrons. The van der Waals surface area contributed by atoms with E-state index in [2.05, 4.69) is 24.8 Å².